The van der Waals surface area contributed by atoms with Crippen LogP contribution in [0.25, 0.3) is 0 Å². The van der Waals surface area contributed by atoms with E-state index in [4.69, 9.17) is 14.2 Å². The highest BCUT2D eigenvalue weighted by Crippen LogP contribution is 2.33. The zero-order valence-electron chi connectivity index (χ0n) is 17.1. The average molecular weight is 389 g/mol. The summed E-state index contributed by atoms with van der Waals surface area (Å²) in [5, 5.41) is 0. The minimum Gasteiger partial charge on any atom is -0.497 e. The van der Waals surface area contributed by atoms with Crippen molar-refractivity contribution in [3.05, 3.63) is 23.8 Å². The molecular formula is C22H32N2O4. The van der Waals surface area contributed by atoms with E-state index in [9.17, 15) is 4.79 Å². The van der Waals surface area contributed by atoms with Crippen molar-refractivity contribution in [2.45, 2.75) is 63.3 Å². The Morgan fingerprint density at radius 1 is 1.18 bits per heavy atom. The first kappa shape index (κ1) is 19.5. The minimum atomic E-state index is 0.235. The fraction of sp³-hybridized carbons (Fsp3) is 0.682. The second kappa shape index (κ2) is 8.70. The van der Waals surface area contributed by atoms with Crippen LogP contribution in [0.1, 0.15) is 44.1 Å². The molecule has 2 saturated carbocycles. The van der Waals surface area contributed by atoms with Crippen LogP contribution in [-0.4, -0.2) is 67.8 Å². The summed E-state index contributed by atoms with van der Waals surface area (Å²) in [5.41, 5.74) is 1.07. The van der Waals surface area contributed by atoms with E-state index in [0.29, 0.717) is 25.7 Å². The van der Waals surface area contributed by atoms with E-state index < -0.39 is 0 Å². The lowest BCUT2D eigenvalue weighted by atomic mass is 9.90. The molecule has 0 aromatic heterocycles. The molecule has 0 bridgehead atoms. The summed E-state index contributed by atoms with van der Waals surface area (Å²) < 4.78 is 16.9. The van der Waals surface area contributed by atoms with Crippen molar-refractivity contribution in [3.8, 4) is 11.5 Å². The van der Waals surface area contributed by atoms with E-state index in [1.54, 1.807) is 14.2 Å². The molecule has 0 unspecified atom stereocenters. The van der Waals surface area contributed by atoms with Crippen molar-refractivity contribution in [3.63, 3.8) is 0 Å². The Labute approximate surface area is 167 Å². The maximum atomic E-state index is 13.2. The molecule has 2 atom stereocenters. The van der Waals surface area contributed by atoms with Gasteiger partial charge in [-0.2, -0.15) is 0 Å². The number of methoxy groups -OCH3 is 2. The summed E-state index contributed by atoms with van der Waals surface area (Å²) in [7, 11) is 3.36. The largest absolute Gasteiger partial charge is 0.497 e. The highest BCUT2D eigenvalue weighted by atomic mass is 16.5. The topological polar surface area (TPSA) is 51.2 Å². The third kappa shape index (κ3) is 4.28. The van der Waals surface area contributed by atoms with Gasteiger partial charge in [0.25, 0.3) is 0 Å². The molecule has 1 aliphatic heterocycles. The number of carbonyl (C=O) groups excluding carboxylic acids is 1. The normalized spacial score (nSPS) is 24.8. The molecule has 6 heteroatoms. The number of ether oxygens (including phenoxy) is 3. The zero-order valence-corrected chi connectivity index (χ0v) is 17.1. The molecule has 1 aromatic rings. The monoisotopic (exact) mass is 388 g/mol. The fourth-order valence-electron chi connectivity index (χ4n) is 4.65. The molecule has 0 radical (unpaired) electrons. The van der Waals surface area contributed by atoms with Crippen molar-refractivity contribution < 1.29 is 19.0 Å². The van der Waals surface area contributed by atoms with Crippen molar-refractivity contribution in [2.24, 2.45) is 0 Å². The SMILES string of the molecule is COc1ccc(OC)c(CN(CC(=O)N2CCO[C@@H]3CCCC[C@@H]32)C2CC2)c1. The Kier molecular flexibility index (Phi) is 6.07. The number of rotatable bonds is 7. The first-order chi connectivity index (χ1) is 13.7. The van der Waals surface area contributed by atoms with Crippen molar-refractivity contribution in [1.29, 1.82) is 0 Å². The highest BCUT2D eigenvalue weighted by Gasteiger charge is 2.38. The number of carbonyl (C=O) groups is 1. The first-order valence-corrected chi connectivity index (χ1v) is 10.6. The lowest BCUT2D eigenvalue weighted by molar-refractivity contribution is -0.150. The van der Waals surface area contributed by atoms with E-state index in [0.717, 1.165) is 49.3 Å². The van der Waals surface area contributed by atoms with Gasteiger partial charge in [0.15, 0.2) is 0 Å². The molecule has 6 nitrogen and oxygen atoms in total. The van der Waals surface area contributed by atoms with Crippen LogP contribution in [0.4, 0.5) is 0 Å². The van der Waals surface area contributed by atoms with Gasteiger partial charge >= 0.3 is 0 Å². The number of hydrogen-bond donors (Lipinski definition) is 0. The Hall–Kier alpha value is -1.79. The highest BCUT2D eigenvalue weighted by molar-refractivity contribution is 5.79. The Bertz CT molecular complexity index is 689. The summed E-state index contributed by atoms with van der Waals surface area (Å²) in [6.45, 7) is 2.56. The standard InChI is InChI=1S/C22H32N2O4/c1-26-18-9-10-20(27-2)16(13-18)14-23(17-7-8-17)15-22(25)24-11-12-28-21-6-4-3-5-19(21)24/h9-10,13,17,19,21H,3-8,11-12,14-15H2,1-2H3/t19-,21+/m0/s1. The Morgan fingerprint density at radius 2 is 2.00 bits per heavy atom. The molecule has 4 rings (SSSR count). The van der Waals surface area contributed by atoms with Gasteiger partial charge in [-0.3, -0.25) is 9.69 Å². The Balaban J connectivity index is 1.46. The predicted molar refractivity (Wildman–Crippen MR) is 107 cm³/mol. The number of nitrogens with zero attached hydrogens (tertiary/aromatic N) is 2. The second-order valence-corrected chi connectivity index (χ2v) is 8.16. The molecule has 1 saturated heterocycles. The number of benzene rings is 1. The van der Waals surface area contributed by atoms with Crippen LogP contribution in [-0.2, 0) is 16.1 Å². The minimum absolute atomic E-state index is 0.235. The molecule has 2 aliphatic carbocycles. The van der Waals surface area contributed by atoms with E-state index in [1.807, 2.05) is 18.2 Å². The fourth-order valence-corrected chi connectivity index (χ4v) is 4.65. The first-order valence-electron chi connectivity index (χ1n) is 10.6. The summed E-state index contributed by atoms with van der Waals surface area (Å²) in [5.74, 6) is 1.91. The summed E-state index contributed by atoms with van der Waals surface area (Å²) in [6, 6.07) is 6.62. The van der Waals surface area contributed by atoms with Crippen LogP contribution in [0.15, 0.2) is 18.2 Å². The number of fused-ring (bicyclic) bond motifs is 1. The maximum Gasteiger partial charge on any atom is 0.237 e. The summed E-state index contributed by atoms with van der Waals surface area (Å²) >= 11 is 0. The summed E-state index contributed by atoms with van der Waals surface area (Å²) in [4.78, 5) is 17.7. The third-order valence-corrected chi connectivity index (χ3v) is 6.32. The van der Waals surface area contributed by atoms with E-state index in [2.05, 4.69) is 9.80 Å². The van der Waals surface area contributed by atoms with Crippen molar-refractivity contribution in [1.82, 2.24) is 9.80 Å². The smallest absolute Gasteiger partial charge is 0.237 e. The van der Waals surface area contributed by atoms with E-state index in [1.165, 1.54) is 12.8 Å². The van der Waals surface area contributed by atoms with Crippen LogP contribution >= 0.6 is 0 Å². The van der Waals surface area contributed by atoms with Crippen LogP contribution in [0.5, 0.6) is 11.5 Å². The van der Waals surface area contributed by atoms with Gasteiger partial charge in [0.1, 0.15) is 11.5 Å². The number of hydrogen-bond acceptors (Lipinski definition) is 5. The number of amides is 1. The quantitative estimate of drug-likeness (QED) is 0.719. The lowest BCUT2D eigenvalue weighted by Crippen LogP contribution is -2.56. The van der Waals surface area contributed by atoms with Gasteiger partial charge in [-0.05, 0) is 43.9 Å². The average Bonchev–Trinajstić information content (AvgIpc) is 3.58. The Morgan fingerprint density at radius 3 is 2.75 bits per heavy atom. The van der Waals surface area contributed by atoms with Crippen LogP contribution in [0.2, 0.25) is 0 Å². The van der Waals surface area contributed by atoms with Gasteiger partial charge < -0.3 is 19.1 Å². The third-order valence-electron chi connectivity index (χ3n) is 6.32. The molecule has 3 fully saturated rings. The van der Waals surface area contributed by atoms with E-state index in [-0.39, 0.29) is 18.1 Å². The van der Waals surface area contributed by atoms with Crippen LogP contribution < -0.4 is 9.47 Å². The maximum absolute atomic E-state index is 13.2. The van der Waals surface area contributed by atoms with Crippen molar-refractivity contribution in [2.75, 3.05) is 33.9 Å². The van der Waals surface area contributed by atoms with Gasteiger partial charge in [0.05, 0.1) is 39.5 Å². The number of morpholine rings is 1. The van der Waals surface area contributed by atoms with Crippen LogP contribution in [0, 0.1) is 0 Å². The van der Waals surface area contributed by atoms with E-state index >= 15 is 0 Å². The van der Waals surface area contributed by atoms with Gasteiger partial charge in [-0.25, -0.2) is 0 Å². The summed E-state index contributed by atoms with van der Waals surface area (Å²) in [6.07, 6.45) is 7.13. The molecule has 28 heavy (non-hydrogen) atoms. The zero-order chi connectivity index (χ0) is 19.5. The molecule has 3 aliphatic rings. The van der Waals surface area contributed by atoms with Crippen LogP contribution in [0.3, 0.4) is 0 Å². The molecule has 154 valence electrons. The molecule has 1 amide bonds. The van der Waals surface area contributed by atoms with Gasteiger partial charge in [0, 0.05) is 24.7 Å². The molecule has 0 spiro atoms. The predicted octanol–water partition coefficient (Wildman–Crippen LogP) is 2.84. The van der Waals surface area contributed by atoms with Gasteiger partial charge in [-0.15, -0.1) is 0 Å². The second-order valence-electron chi connectivity index (χ2n) is 8.16. The molecule has 0 N–H and O–H groups in total. The molecule has 1 aromatic carbocycles. The van der Waals surface area contributed by atoms with Gasteiger partial charge in [-0.1, -0.05) is 12.8 Å². The molecular weight excluding hydrogens is 356 g/mol. The lowest BCUT2D eigenvalue weighted by Gasteiger charge is -2.44. The van der Waals surface area contributed by atoms with Crippen molar-refractivity contribution >= 4 is 5.91 Å². The molecule has 1 heterocycles. The van der Waals surface area contributed by atoms with Gasteiger partial charge in [0.2, 0.25) is 5.91 Å².